The zero-order chi connectivity index (χ0) is 18.7. The molecule has 1 aliphatic rings. The highest BCUT2D eigenvalue weighted by atomic mass is 32.2. The van der Waals surface area contributed by atoms with Crippen molar-refractivity contribution in [3.8, 4) is 6.07 Å². The fraction of sp³-hybridized carbons (Fsp3) is 0.733. The number of rotatable bonds is 7. The molecule has 0 bridgehead atoms. The maximum absolute atomic E-state index is 12.0. The van der Waals surface area contributed by atoms with Gasteiger partial charge < -0.3 is 9.73 Å². The molecule has 2 atom stereocenters. The number of aromatic nitrogens is 2. The van der Waals surface area contributed by atoms with Crippen LogP contribution in [0.3, 0.4) is 0 Å². The summed E-state index contributed by atoms with van der Waals surface area (Å²) in [5.41, 5.74) is -0.925. The summed E-state index contributed by atoms with van der Waals surface area (Å²) in [6, 6.07) is 2.12. The van der Waals surface area contributed by atoms with E-state index >= 15 is 0 Å². The molecule has 1 amide bonds. The molecule has 2 heterocycles. The van der Waals surface area contributed by atoms with Crippen molar-refractivity contribution in [3.05, 3.63) is 5.89 Å². The Hall–Kier alpha value is -1.60. The fourth-order valence-electron chi connectivity index (χ4n) is 2.41. The summed E-state index contributed by atoms with van der Waals surface area (Å²) in [5, 5.41) is 20.0. The van der Waals surface area contributed by atoms with Gasteiger partial charge in [0.05, 0.1) is 23.3 Å². The Labute approximate surface area is 151 Å². The molecular formula is C15H22N4O4S2. The number of nitrogens with zero attached hydrogens (tertiary/aromatic N) is 3. The van der Waals surface area contributed by atoms with Gasteiger partial charge in [-0.15, -0.1) is 10.2 Å². The molecule has 1 fully saturated rings. The smallest absolute Gasteiger partial charge is 0.277 e. The molecule has 0 unspecified atom stereocenters. The van der Waals surface area contributed by atoms with Gasteiger partial charge in [-0.2, -0.15) is 5.26 Å². The summed E-state index contributed by atoms with van der Waals surface area (Å²) in [6.07, 6.45) is 1.04. The lowest BCUT2D eigenvalue weighted by Crippen LogP contribution is -2.49. The van der Waals surface area contributed by atoms with Crippen LogP contribution >= 0.6 is 11.8 Å². The second-order valence-corrected chi connectivity index (χ2v) is 9.90. The maximum Gasteiger partial charge on any atom is 0.277 e. The first-order valence-electron chi connectivity index (χ1n) is 8.01. The lowest BCUT2D eigenvalue weighted by molar-refractivity contribution is -0.120. The number of thioether (sulfide) groups is 1. The minimum Gasteiger partial charge on any atom is -0.416 e. The first-order valence-corrected chi connectivity index (χ1v) is 10.8. The summed E-state index contributed by atoms with van der Waals surface area (Å²) in [6.45, 7) is 5.41. The molecule has 138 valence electrons. The quantitative estimate of drug-likeness (QED) is 0.693. The van der Waals surface area contributed by atoms with E-state index < -0.39 is 15.4 Å². The Kier molecular flexibility index (Phi) is 6.11. The Bertz CT molecular complexity index is 769. The molecule has 2 rings (SSSR count). The number of nitriles is 1. The third-order valence-corrected chi connectivity index (χ3v) is 7.01. The lowest BCUT2D eigenvalue weighted by Gasteiger charge is -2.27. The van der Waals surface area contributed by atoms with Crippen molar-refractivity contribution in [1.29, 1.82) is 5.26 Å². The summed E-state index contributed by atoms with van der Waals surface area (Å²) < 4.78 is 28.4. The number of hydrogen-bond acceptors (Lipinski definition) is 8. The van der Waals surface area contributed by atoms with E-state index in [4.69, 9.17) is 4.42 Å². The van der Waals surface area contributed by atoms with Crippen LogP contribution in [0.25, 0.3) is 0 Å². The zero-order valence-corrected chi connectivity index (χ0v) is 16.1. The van der Waals surface area contributed by atoms with Crippen LogP contribution in [-0.4, -0.2) is 47.3 Å². The predicted octanol–water partition coefficient (Wildman–Crippen LogP) is 1.19. The molecule has 0 aliphatic carbocycles. The highest BCUT2D eigenvalue weighted by Crippen LogP contribution is 2.24. The van der Waals surface area contributed by atoms with Crippen molar-refractivity contribution < 1.29 is 17.6 Å². The van der Waals surface area contributed by atoms with E-state index in [1.165, 1.54) is 0 Å². The van der Waals surface area contributed by atoms with Crippen molar-refractivity contribution in [3.63, 3.8) is 0 Å². The van der Waals surface area contributed by atoms with Crippen molar-refractivity contribution >= 4 is 27.5 Å². The van der Waals surface area contributed by atoms with Gasteiger partial charge in [0.15, 0.2) is 9.84 Å². The van der Waals surface area contributed by atoms with Gasteiger partial charge in [-0.3, -0.25) is 4.79 Å². The number of carbonyl (C=O) groups is 1. The van der Waals surface area contributed by atoms with Gasteiger partial charge in [0.2, 0.25) is 11.8 Å². The fourth-order valence-corrected chi connectivity index (χ4v) is 4.86. The number of carbonyl (C=O) groups excluding carboxylic acids is 1. The molecule has 0 radical (unpaired) electrons. The number of amides is 1. The van der Waals surface area contributed by atoms with Gasteiger partial charge in [-0.05, 0) is 25.2 Å². The number of hydrogen-bond donors (Lipinski definition) is 1. The van der Waals surface area contributed by atoms with E-state index in [2.05, 4.69) is 21.6 Å². The molecule has 1 saturated heterocycles. The van der Waals surface area contributed by atoms with Gasteiger partial charge >= 0.3 is 0 Å². The van der Waals surface area contributed by atoms with Crippen LogP contribution in [0, 0.1) is 23.2 Å². The second-order valence-electron chi connectivity index (χ2n) is 6.74. The molecule has 1 aromatic heterocycles. The van der Waals surface area contributed by atoms with E-state index in [1.54, 1.807) is 6.92 Å². The summed E-state index contributed by atoms with van der Waals surface area (Å²) in [5.74, 6) is 0.503. The van der Waals surface area contributed by atoms with E-state index in [-0.39, 0.29) is 40.2 Å². The Morgan fingerprint density at radius 1 is 1.52 bits per heavy atom. The average molecular weight is 386 g/mol. The first-order chi connectivity index (χ1) is 11.6. The normalized spacial score (nSPS) is 21.6. The van der Waals surface area contributed by atoms with E-state index in [0.29, 0.717) is 18.7 Å². The molecule has 1 aliphatic heterocycles. The topological polar surface area (TPSA) is 126 Å². The van der Waals surface area contributed by atoms with Gasteiger partial charge in [-0.25, -0.2) is 8.42 Å². The monoisotopic (exact) mass is 386 g/mol. The standard InChI is InChI=1S/C15H22N4O4S2/c1-10(2)15(3,9-16)17-12(20)7-24-14-19-18-13(23-14)6-11-4-5-25(21,22)8-11/h10-11H,4-8H2,1-3H3,(H,17,20)/t11-,15+/m0/s1. The molecule has 8 nitrogen and oxygen atoms in total. The minimum absolute atomic E-state index is 0.00831. The summed E-state index contributed by atoms with van der Waals surface area (Å²) in [7, 11) is -2.93. The predicted molar refractivity (Wildman–Crippen MR) is 92.5 cm³/mol. The Balaban J connectivity index is 1.83. The van der Waals surface area contributed by atoms with Crippen LogP contribution in [0.5, 0.6) is 0 Å². The van der Waals surface area contributed by atoms with Crippen molar-refractivity contribution in [1.82, 2.24) is 15.5 Å². The molecule has 25 heavy (non-hydrogen) atoms. The molecule has 0 spiro atoms. The molecule has 1 aromatic rings. The Morgan fingerprint density at radius 3 is 2.80 bits per heavy atom. The molecule has 0 aromatic carbocycles. The van der Waals surface area contributed by atoms with Gasteiger partial charge in [0, 0.05) is 6.42 Å². The highest BCUT2D eigenvalue weighted by Gasteiger charge is 2.31. The molecule has 10 heteroatoms. The number of nitrogens with one attached hydrogen (secondary N) is 1. The zero-order valence-electron chi connectivity index (χ0n) is 14.5. The lowest BCUT2D eigenvalue weighted by atomic mass is 9.90. The molecule has 1 N–H and O–H groups in total. The van der Waals surface area contributed by atoms with Crippen molar-refractivity contribution in [2.75, 3.05) is 17.3 Å². The van der Waals surface area contributed by atoms with Crippen LogP contribution in [0.1, 0.15) is 33.1 Å². The van der Waals surface area contributed by atoms with Crippen LogP contribution in [0.15, 0.2) is 9.64 Å². The molecule has 0 saturated carbocycles. The van der Waals surface area contributed by atoms with Crippen molar-refractivity contribution in [2.24, 2.45) is 11.8 Å². The van der Waals surface area contributed by atoms with Gasteiger partial charge in [-0.1, -0.05) is 25.6 Å². The van der Waals surface area contributed by atoms with E-state index in [9.17, 15) is 18.5 Å². The summed E-state index contributed by atoms with van der Waals surface area (Å²) >= 11 is 1.09. The summed E-state index contributed by atoms with van der Waals surface area (Å²) in [4.78, 5) is 12.0. The van der Waals surface area contributed by atoms with Crippen molar-refractivity contribution in [2.45, 2.75) is 44.4 Å². The van der Waals surface area contributed by atoms with Crippen LogP contribution in [0.2, 0.25) is 0 Å². The molecular weight excluding hydrogens is 364 g/mol. The van der Waals surface area contributed by atoms with E-state index in [0.717, 1.165) is 11.8 Å². The number of sulfone groups is 1. The van der Waals surface area contributed by atoms with Gasteiger partial charge in [0.1, 0.15) is 5.54 Å². The third-order valence-electron chi connectivity index (χ3n) is 4.35. The SMILES string of the molecule is CC(C)[C@@](C)(C#N)NC(=O)CSc1nnc(C[C@@H]2CCS(=O)(=O)C2)o1. The van der Waals surface area contributed by atoms with Crippen LogP contribution in [-0.2, 0) is 21.1 Å². The van der Waals surface area contributed by atoms with Gasteiger partial charge in [0.25, 0.3) is 5.22 Å². The van der Waals surface area contributed by atoms with E-state index in [1.807, 2.05) is 13.8 Å². The highest BCUT2D eigenvalue weighted by molar-refractivity contribution is 7.99. The first kappa shape index (κ1) is 19.7. The van der Waals surface area contributed by atoms with Crippen LogP contribution < -0.4 is 5.32 Å². The third kappa shape index (κ3) is 5.44. The second kappa shape index (κ2) is 7.74. The maximum atomic E-state index is 12.0. The van der Waals surface area contributed by atoms with Crippen LogP contribution in [0.4, 0.5) is 0 Å². The minimum atomic E-state index is -2.93. The Morgan fingerprint density at radius 2 is 2.24 bits per heavy atom. The average Bonchev–Trinajstić information content (AvgIpc) is 3.11. The largest absolute Gasteiger partial charge is 0.416 e.